The molecule has 0 radical (unpaired) electrons. The molecule has 0 aliphatic carbocycles. The van der Waals surface area contributed by atoms with Crippen molar-refractivity contribution >= 4 is 39.9 Å². The molecule has 0 spiro atoms. The van der Waals surface area contributed by atoms with Crippen LogP contribution in [0.2, 0.25) is 5.02 Å². The van der Waals surface area contributed by atoms with Crippen LogP contribution >= 0.6 is 39.9 Å². The van der Waals surface area contributed by atoms with Crippen LogP contribution < -0.4 is 19.5 Å². The minimum Gasteiger partial charge on any atom is -0.497 e. The first-order valence-corrected chi connectivity index (χ1v) is 10.3. The van der Waals surface area contributed by atoms with Crippen molar-refractivity contribution in [2.45, 2.75) is 19.7 Å². The average Bonchev–Trinajstić information content (AvgIpc) is 2.74. The highest BCUT2D eigenvalue weighted by Crippen LogP contribution is 2.37. The highest BCUT2D eigenvalue weighted by atomic mass is 79.9. The molecular weight excluding hydrogens is 489 g/mol. The maximum atomic E-state index is 6.22. The summed E-state index contributed by atoms with van der Waals surface area (Å²) in [7, 11) is 3.30. The second kappa shape index (κ2) is 12.1. The van der Waals surface area contributed by atoms with E-state index in [1.54, 1.807) is 14.2 Å². The van der Waals surface area contributed by atoms with Crippen LogP contribution in [0.5, 0.6) is 17.2 Å². The van der Waals surface area contributed by atoms with Gasteiger partial charge in [0.25, 0.3) is 0 Å². The van der Waals surface area contributed by atoms with Gasteiger partial charge in [0.15, 0.2) is 11.5 Å². The monoisotopic (exact) mass is 511 g/mol. The summed E-state index contributed by atoms with van der Waals surface area (Å²) in [4.78, 5) is 0. The topological polar surface area (TPSA) is 39.7 Å². The number of rotatable bonds is 9. The van der Waals surface area contributed by atoms with Crippen molar-refractivity contribution in [3.05, 3.63) is 86.8 Å². The van der Waals surface area contributed by atoms with Gasteiger partial charge in [-0.3, -0.25) is 0 Å². The van der Waals surface area contributed by atoms with Gasteiger partial charge < -0.3 is 19.5 Å². The van der Waals surface area contributed by atoms with Crippen LogP contribution in [0, 0.1) is 0 Å². The van der Waals surface area contributed by atoms with E-state index in [4.69, 9.17) is 25.8 Å². The number of halogens is 3. The molecule has 0 saturated heterocycles. The number of hydrogen-bond donors (Lipinski definition) is 1. The van der Waals surface area contributed by atoms with Crippen molar-refractivity contribution in [1.82, 2.24) is 5.32 Å². The summed E-state index contributed by atoms with van der Waals surface area (Å²) in [6.07, 6.45) is 0. The number of hydrogen-bond acceptors (Lipinski definition) is 4. The molecule has 30 heavy (non-hydrogen) atoms. The fourth-order valence-electron chi connectivity index (χ4n) is 2.88. The minimum absolute atomic E-state index is 0. The van der Waals surface area contributed by atoms with Crippen LogP contribution in [-0.2, 0) is 19.7 Å². The third-order valence-electron chi connectivity index (χ3n) is 4.44. The average molecular weight is 513 g/mol. The van der Waals surface area contributed by atoms with E-state index < -0.39 is 0 Å². The standard InChI is InChI=1S/C23H23BrClNO3.ClH/c1-27-19-9-7-16(8-10-19)13-26-14-17-11-20(24)23(22(12-17)28-2)29-15-18-5-3-4-6-21(18)25;/h3-12,26H,13-15H2,1-2H3;1H. The Morgan fingerprint density at radius 2 is 1.60 bits per heavy atom. The lowest BCUT2D eigenvalue weighted by atomic mass is 10.1. The smallest absolute Gasteiger partial charge is 0.175 e. The Morgan fingerprint density at radius 3 is 2.27 bits per heavy atom. The number of nitrogens with one attached hydrogen (secondary N) is 1. The van der Waals surface area contributed by atoms with Crippen LogP contribution in [0.15, 0.2) is 65.1 Å². The second-order valence-electron chi connectivity index (χ2n) is 6.44. The SMILES string of the molecule is COc1ccc(CNCc2cc(Br)c(OCc3ccccc3Cl)c(OC)c2)cc1.Cl. The molecule has 0 heterocycles. The van der Waals surface area contributed by atoms with Gasteiger partial charge in [0.2, 0.25) is 0 Å². The lowest BCUT2D eigenvalue weighted by Gasteiger charge is -2.15. The van der Waals surface area contributed by atoms with Crippen LogP contribution in [0.4, 0.5) is 0 Å². The quantitative estimate of drug-likeness (QED) is 0.359. The lowest BCUT2D eigenvalue weighted by Crippen LogP contribution is -2.13. The van der Waals surface area contributed by atoms with E-state index >= 15 is 0 Å². The molecule has 3 rings (SSSR count). The molecule has 0 unspecified atom stereocenters. The number of benzene rings is 3. The Bertz CT molecular complexity index is 952. The van der Waals surface area contributed by atoms with Crippen LogP contribution in [0.3, 0.4) is 0 Å². The van der Waals surface area contributed by atoms with Gasteiger partial charge in [-0.15, -0.1) is 12.4 Å². The third-order valence-corrected chi connectivity index (χ3v) is 5.39. The molecule has 7 heteroatoms. The van der Waals surface area contributed by atoms with Crippen molar-refractivity contribution in [3.8, 4) is 17.2 Å². The van der Waals surface area contributed by atoms with E-state index in [0.29, 0.717) is 29.7 Å². The number of methoxy groups -OCH3 is 2. The summed E-state index contributed by atoms with van der Waals surface area (Å²) >= 11 is 9.82. The molecule has 0 bridgehead atoms. The molecule has 1 N–H and O–H groups in total. The molecule has 3 aromatic carbocycles. The summed E-state index contributed by atoms with van der Waals surface area (Å²) in [5.74, 6) is 2.19. The number of ether oxygens (including phenoxy) is 3. The molecule has 160 valence electrons. The molecular formula is C23H24BrCl2NO3. The molecule has 0 aromatic heterocycles. The van der Waals surface area contributed by atoms with Gasteiger partial charge in [-0.2, -0.15) is 0 Å². The predicted molar refractivity (Wildman–Crippen MR) is 127 cm³/mol. The highest BCUT2D eigenvalue weighted by molar-refractivity contribution is 9.10. The first-order valence-electron chi connectivity index (χ1n) is 9.17. The van der Waals surface area contributed by atoms with Gasteiger partial charge in [-0.1, -0.05) is 41.9 Å². The Morgan fingerprint density at radius 1 is 0.900 bits per heavy atom. The largest absolute Gasteiger partial charge is 0.497 e. The summed E-state index contributed by atoms with van der Waals surface area (Å²) in [5, 5.41) is 4.13. The van der Waals surface area contributed by atoms with E-state index in [1.807, 2.05) is 60.7 Å². The zero-order valence-corrected chi connectivity index (χ0v) is 19.9. The summed E-state index contributed by atoms with van der Waals surface area (Å²) in [5.41, 5.74) is 3.21. The molecule has 0 aliphatic rings. The Balaban J connectivity index is 0.00000320. The van der Waals surface area contributed by atoms with Gasteiger partial charge >= 0.3 is 0 Å². The maximum absolute atomic E-state index is 6.22. The molecule has 0 saturated carbocycles. The van der Waals surface area contributed by atoms with Gasteiger partial charge in [0.1, 0.15) is 12.4 Å². The second-order valence-corrected chi connectivity index (χ2v) is 7.70. The van der Waals surface area contributed by atoms with Gasteiger partial charge in [0, 0.05) is 23.7 Å². The zero-order chi connectivity index (χ0) is 20.6. The van der Waals surface area contributed by atoms with Crippen molar-refractivity contribution in [2.75, 3.05) is 14.2 Å². The van der Waals surface area contributed by atoms with E-state index in [1.165, 1.54) is 5.56 Å². The van der Waals surface area contributed by atoms with Gasteiger partial charge in [-0.05, 0) is 57.4 Å². The molecule has 0 aliphatic heterocycles. The molecule has 0 atom stereocenters. The van der Waals surface area contributed by atoms with Gasteiger partial charge in [-0.25, -0.2) is 0 Å². The van der Waals surface area contributed by atoms with Crippen LogP contribution in [0.25, 0.3) is 0 Å². The summed E-state index contributed by atoms with van der Waals surface area (Å²) in [6, 6.07) is 19.7. The van der Waals surface area contributed by atoms with E-state index in [9.17, 15) is 0 Å². The predicted octanol–water partition coefficient (Wildman–Crippen LogP) is 6.41. The van der Waals surface area contributed by atoms with Crippen LogP contribution in [0.1, 0.15) is 16.7 Å². The lowest BCUT2D eigenvalue weighted by molar-refractivity contribution is 0.282. The molecule has 3 aromatic rings. The first kappa shape index (κ1) is 24.4. The minimum atomic E-state index is 0. The maximum Gasteiger partial charge on any atom is 0.175 e. The summed E-state index contributed by atoms with van der Waals surface area (Å²) in [6.45, 7) is 1.82. The first-order chi connectivity index (χ1) is 14.1. The fourth-order valence-corrected chi connectivity index (χ4v) is 3.67. The van der Waals surface area contributed by atoms with Gasteiger partial charge in [0.05, 0.1) is 18.7 Å². The van der Waals surface area contributed by atoms with E-state index in [2.05, 4.69) is 21.2 Å². The molecule has 4 nitrogen and oxygen atoms in total. The van der Waals surface area contributed by atoms with E-state index in [-0.39, 0.29) is 12.4 Å². The normalized spacial score (nSPS) is 10.3. The van der Waals surface area contributed by atoms with Crippen molar-refractivity contribution in [2.24, 2.45) is 0 Å². The Labute approximate surface area is 197 Å². The van der Waals surface area contributed by atoms with Crippen molar-refractivity contribution in [1.29, 1.82) is 0 Å². The zero-order valence-electron chi connectivity index (χ0n) is 16.8. The summed E-state index contributed by atoms with van der Waals surface area (Å²) < 4.78 is 17.6. The Kier molecular flexibility index (Phi) is 9.79. The Hall–Kier alpha value is -1.92. The van der Waals surface area contributed by atoms with Crippen molar-refractivity contribution in [3.63, 3.8) is 0 Å². The highest BCUT2D eigenvalue weighted by Gasteiger charge is 2.13. The van der Waals surface area contributed by atoms with E-state index in [0.717, 1.165) is 27.9 Å². The third kappa shape index (κ3) is 6.54. The molecule has 0 fully saturated rings. The molecule has 0 amide bonds. The fraction of sp³-hybridized carbons (Fsp3) is 0.217. The van der Waals surface area contributed by atoms with Crippen LogP contribution in [-0.4, -0.2) is 14.2 Å². The van der Waals surface area contributed by atoms with Crippen molar-refractivity contribution < 1.29 is 14.2 Å².